The number of hydrogen-bond acceptors (Lipinski definition) is 4. The van der Waals surface area contributed by atoms with Gasteiger partial charge < -0.3 is 14.7 Å². The molecule has 0 radical (unpaired) electrons. The van der Waals surface area contributed by atoms with E-state index in [1.54, 1.807) is 0 Å². The van der Waals surface area contributed by atoms with Crippen LogP contribution in [0.15, 0.2) is 36.5 Å². The highest BCUT2D eigenvalue weighted by Crippen LogP contribution is 2.34. The van der Waals surface area contributed by atoms with Crippen LogP contribution in [0.1, 0.15) is 30.2 Å². The van der Waals surface area contributed by atoms with E-state index in [2.05, 4.69) is 16.9 Å². The molecule has 128 valence electrons. The molecule has 24 heavy (non-hydrogen) atoms. The summed E-state index contributed by atoms with van der Waals surface area (Å²) >= 11 is 0. The summed E-state index contributed by atoms with van der Waals surface area (Å²) in [4.78, 5) is 6.31. The van der Waals surface area contributed by atoms with Crippen LogP contribution in [0.3, 0.4) is 0 Å². The smallest absolute Gasteiger partial charge is 0.141 e. The van der Waals surface area contributed by atoms with Crippen molar-refractivity contribution in [1.29, 1.82) is 0 Å². The van der Waals surface area contributed by atoms with E-state index in [9.17, 15) is 13.9 Å². The van der Waals surface area contributed by atoms with E-state index in [0.717, 1.165) is 38.2 Å². The Morgan fingerprint density at radius 3 is 2.50 bits per heavy atom. The topological polar surface area (TPSA) is 45.6 Å². The third kappa shape index (κ3) is 3.88. The van der Waals surface area contributed by atoms with E-state index in [0.29, 0.717) is 11.3 Å². The zero-order valence-electron chi connectivity index (χ0n) is 13.5. The molecule has 2 heterocycles. The number of phenolic OH excluding ortho intramolecular Hbond substituents is 1. The maximum atomic E-state index is 13.3. The first kappa shape index (κ1) is 16.8. The van der Waals surface area contributed by atoms with Crippen LogP contribution in [-0.2, 0) is 4.74 Å². The SMILES string of the molecule is CN1CCC(OC(c2ccc(F)cn2)c2ccc(F)cc2O)CC1. The second kappa shape index (κ2) is 7.23. The van der Waals surface area contributed by atoms with Crippen LogP contribution in [0.25, 0.3) is 0 Å². The zero-order chi connectivity index (χ0) is 17.1. The first-order chi connectivity index (χ1) is 11.5. The summed E-state index contributed by atoms with van der Waals surface area (Å²) in [5.41, 5.74) is 0.909. The minimum Gasteiger partial charge on any atom is -0.507 e. The Morgan fingerprint density at radius 1 is 1.17 bits per heavy atom. The predicted molar refractivity (Wildman–Crippen MR) is 85.7 cm³/mol. The molecule has 4 nitrogen and oxygen atoms in total. The van der Waals surface area contributed by atoms with Gasteiger partial charge in [0.1, 0.15) is 23.5 Å². The van der Waals surface area contributed by atoms with Gasteiger partial charge >= 0.3 is 0 Å². The lowest BCUT2D eigenvalue weighted by Crippen LogP contribution is -2.35. The van der Waals surface area contributed by atoms with Gasteiger partial charge in [0.15, 0.2) is 0 Å². The van der Waals surface area contributed by atoms with Crippen molar-refractivity contribution in [2.75, 3.05) is 20.1 Å². The highest BCUT2D eigenvalue weighted by Gasteiger charge is 2.26. The number of benzene rings is 1. The number of rotatable bonds is 4. The molecular weight excluding hydrogens is 314 g/mol. The fourth-order valence-electron chi connectivity index (χ4n) is 2.90. The molecule has 0 spiro atoms. The molecule has 2 aromatic rings. The average Bonchev–Trinajstić information content (AvgIpc) is 2.56. The molecule has 1 aliphatic rings. The Hall–Kier alpha value is -2.05. The van der Waals surface area contributed by atoms with Gasteiger partial charge in [0.05, 0.1) is 18.0 Å². The van der Waals surface area contributed by atoms with Crippen LogP contribution in [-0.4, -0.2) is 41.2 Å². The Kier molecular flexibility index (Phi) is 5.06. The van der Waals surface area contributed by atoms with Gasteiger partial charge in [-0.25, -0.2) is 8.78 Å². The molecule has 1 atom stereocenters. The Labute approximate surface area is 139 Å². The van der Waals surface area contributed by atoms with Crippen molar-refractivity contribution in [3.05, 3.63) is 59.4 Å². The molecule has 0 amide bonds. The molecule has 1 aliphatic heterocycles. The van der Waals surface area contributed by atoms with Crippen molar-refractivity contribution >= 4 is 0 Å². The number of nitrogens with zero attached hydrogens (tertiary/aromatic N) is 2. The van der Waals surface area contributed by atoms with Crippen LogP contribution < -0.4 is 0 Å². The van der Waals surface area contributed by atoms with E-state index >= 15 is 0 Å². The van der Waals surface area contributed by atoms with E-state index in [-0.39, 0.29) is 11.9 Å². The number of aromatic hydroxyl groups is 1. The monoisotopic (exact) mass is 334 g/mol. The molecular formula is C18H20F2N2O2. The maximum absolute atomic E-state index is 13.3. The molecule has 1 aromatic carbocycles. The average molecular weight is 334 g/mol. The minimum absolute atomic E-state index is 0.00232. The second-order valence-corrected chi connectivity index (χ2v) is 6.12. The number of aromatic nitrogens is 1. The highest BCUT2D eigenvalue weighted by molar-refractivity contribution is 5.38. The summed E-state index contributed by atoms with van der Waals surface area (Å²) in [6.07, 6.45) is 2.16. The summed E-state index contributed by atoms with van der Waals surface area (Å²) in [6.45, 7) is 1.84. The summed E-state index contributed by atoms with van der Waals surface area (Å²) in [5, 5.41) is 10.1. The van der Waals surface area contributed by atoms with E-state index in [1.807, 2.05) is 0 Å². The first-order valence-electron chi connectivity index (χ1n) is 7.97. The summed E-state index contributed by atoms with van der Waals surface area (Å²) in [6, 6.07) is 6.62. The van der Waals surface area contributed by atoms with Gasteiger partial charge in [0.25, 0.3) is 0 Å². The molecule has 6 heteroatoms. The third-order valence-electron chi connectivity index (χ3n) is 4.29. The van der Waals surface area contributed by atoms with Crippen molar-refractivity contribution in [1.82, 2.24) is 9.88 Å². The van der Waals surface area contributed by atoms with Crippen LogP contribution in [0.2, 0.25) is 0 Å². The summed E-state index contributed by atoms with van der Waals surface area (Å²) in [5.74, 6) is -1.17. The molecule has 1 fully saturated rings. The number of likely N-dealkylation sites (tertiary alicyclic amines) is 1. The van der Waals surface area contributed by atoms with Gasteiger partial charge in [-0.3, -0.25) is 4.98 Å². The van der Waals surface area contributed by atoms with E-state index < -0.39 is 17.7 Å². The van der Waals surface area contributed by atoms with Crippen LogP contribution in [0.4, 0.5) is 8.78 Å². The fourth-order valence-corrected chi connectivity index (χ4v) is 2.90. The lowest BCUT2D eigenvalue weighted by atomic mass is 10.0. The van der Waals surface area contributed by atoms with Crippen LogP contribution in [0.5, 0.6) is 5.75 Å². The van der Waals surface area contributed by atoms with E-state index in [4.69, 9.17) is 4.74 Å². The van der Waals surface area contributed by atoms with Crippen LogP contribution >= 0.6 is 0 Å². The van der Waals surface area contributed by atoms with Crippen molar-refractivity contribution in [2.45, 2.75) is 25.0 Å². The minimum atomic E-state index is -0.667. The van der Waals surface area contributed by atoms with Gasteiger partial charge in [-0.1, -0.05) is 0 Å². The van der Waals surface area contributed by atoms with E-state index in [1.165, 1.54) is 24.3 Å². The van der Waals surface area contributed by atoms with Crippen molar-refractivity contribution in [2.24, 2.45) is 0 Å². The van der Waals surface area contributed by atoms with Crippen molar-refractivity contribution < 1.29 is 18.6 Å². The quantitative estimate of drug-likeness (QED) is 0.932. The normalized spacial score (nSPS) is 17.8. The fraction of sp³-hybridized carbons (Fsp3) is 0.389. The highest BCUT2D eigenvalue weighted by atomic mass is 19.1. The molecule has 3 rings (SSSR count). The van der Waals surface area contributed by atoms with Gasteiger partial charge in [-0.05, 0) is 44.2 Å². The number of pyridine rings is 1. The maximum Gasteiger partial charge on any atom is 0.141 e. The molecule has 1 N–H and O–H groups in total. The van der Waals surface area contributed by atoms with Crippen LogP contribution in [0, 0.1) is 11.6 Å². The molecule has 1 saturated heterocycles. The Bertz CT molecular complexity index is 686. The summed E-state index contributed by atoms with van der Waals surface area (Å²) < 4.78 is 32.7. The van der Waals surface area contributed by atoms with Crippen molar-refractivity contribution in [3.63, 3.8) is 0 Å². The molecule has 0 bridgehead atoms. The van der Waals surface area contributed by atoms with Gasteiger partial charge in [0.2, 0.25) is 0 Å². The number of hydrogen-bond donors (Lipinski definition) is 1. The largest absolute Gasteiger partial charge is 0.507 e. The van der Waals surface area contributed by atoms with Gasteiger partial charge in [-0.15, -0.1) is 0 Å². The number of piperidine rings is 1. The molecule has 0 aliphatic carbocycles. The number of phenols is 1. The number of ether oxygens (including phenoxy) is 1. The standard InChI is InChI=1S/C18H20F2N2O2/c1-22-8-6-14(7-9-22)24-18(16-5-3-13(20)11-21-16)15-4-2-12(19)10-17(15)23/h2-5,10-11,14,18,23H,6-9H2,1H3. The van der Waals surface area contributed by atoms with Crippen molar-refractivity contribution in [3.8, 4) is 5.75 Å². The summed E-state index contributed by atoms with van der Waals surface area (Å²) in [7, 11) is 2.06. The molecule has 1 unspecified atom stereocenters. The van der Waals surface area contributed by atoms with Gasteiger partial charge in [0, 0.05) is 24.7 Å². The Balaban J connectivity index is 1.89. The van der Waals surface area contributed by atoms with Gasteiger partial charge in [-0.2, -0.15) is 0 Å². The first-order valence-corrected chi connectivity index (χ1v) is 7.97. The molecule has 0 saturated carbocycles. The number of halogens is 2. The lowest BCUT2D eigenvalue weighted by molar-refractivity contribution is -0.0258. The third-order valence-corrected chi connectivity index (χ3v) is 4.29. The predicted octanol–water partition coefficient (Wildman–Crippen LogP) is 3.27. The Morgan fingerprint density at radius 2 is 1.88 bits per heavy atom. The zero-order valence-corrected chi connectivity index (χ0v) is 13.5. The second-order valence-electron chi connectivity index (χ2n) is 6.12. The molecule has 1 aromatic heterocycles. The lowest BCUT2D eigenvalue weighted by Gasteiger charge is -2.32.